The molecule has 0 bridgehead atoms. The van der Waals surface area contributed by atoms with E-state index in [2.05, 4.69) is 10.4 Å². The summed E-state index contributed by atoms with van der Waals surface area (Å²) in [6.07, 6.45) is 1.97. The van der Waals surface area contributed by atoms with Crippen molar-refractivity contribution in [1.29, 1.82) is 0 Å². The number of esters is 2. The van der Waals surface area contributed by atoms with Gasteiger partial charge in [0, 0.05) is 6.42 Å². The van der Waals surface area contributed by atoms with Crippen molar-refractivity contribution >= 4 is 40.0 Å². The third-order valence-corrected chi connectivity index (χ3v) is 5.07. The van der Waals surface area contributed by atoms with Crippen LogP contribution in [0.3, 0.4) is 0 Å². The second kappa shape index (κ2) is 10.5. The zero-order chi connectivity index (χ0) is 22.3. The van der Waals surface area contributed by atoms with E-state index in [0.29, 0.717) is 12.0 Å². The van der Waals surface area contributed by atoms with Gasteiger partial charge >= 0.3 is 17.8 Å². The topological polar surface area (TPSA) is 143 Å². The minimum atomic E-state index is -0.640. The first-order valence-corrected chi connectivity index (χ1v) is 10.0. The Morgan fingerprint density at radius 2 is 2.00 bits per heavy atom. The minimum absolute atomic E-state index is 0.0476. The van der Waals surface area contributed by atoms with Crippen LogP contribution in [0.25, 0.3) is 0 Å². The Hall–Kier alpha value is -3.28. The fraction of sp³-hybridized carbons (Fsp3) is 0.444. The SMILES string of the molecule is CCCOC(=O)c1c(NC(=O)CCn2ccc([N+](=O)[O-])n2)sc(C(=O)OCC)c1C. The first-order valence-electron chi connectivity index (χ1n) is 9.23. The predicted molar refractivity (Wildman–Crippen MR) is 108 cm³/mol. The maximum atomic E-state index is 12.5. The van der Waals surface area contributed by atoms with Crippen LogP contribution < -0.4 is 5.32 Å². The second-order valence-electron chi connectivity index (χ2n) is 6.11. The number of thiophene rings is 1. The number of hydrogen-bond donors (Lipinski definition) is 1. The van der Waals surface area contributed by atoms with Crippen molar-refractivity contribution in [3.05, 3.63) is 38.4 Å². The van der Waals surface area contributed by atoms with Crippen LogP contribution in [0.5, 0.6) is 0 Å². The molecule has 11 nitrogen and oxygen atoms in total. The Labute approximate surface area is 176 Å². The molecule has 0 aliphatic heterocycles. The lowest BCUT2D eigenvalue weighted by Crippen LogP contribution is -2.17. The molecule has 1 N–H and O–H groups in total. The highest BCUT2D eigenvalue weighted by atomic mass is 32.1. The van der Waals surface area contributed by atoms with E-state index < -0.39 is 22.8 Å². The van der Waals surface area contributed by atoms with Gasteiger partial charge in [-0.25, -0.2) is 9.59 Å². The molecule has 12 heteroatoms. The molecule has 0 aliphatic rings. The van der Waals surface area contributed by atoms with Gasteiger partial charge in [0.15, 0.2) is 0 Å². The van der Waals surface area contributed by atoms with Crippen LogP contribution in [0.4, 0.5) is 10.8 Å². The van der Waals surface area contributed by atoms with E-state index in [4.69, 9.17) is 9.47 Å². The molecule has 0 saturated heterocycles. The van der Waals surface area contributed by atoms with Gasteiger partial charge in [-0.05, 0) is 30.8 Å². The lowest BCUT2D eigenvalue weighted by molar-refractivity contribution is -0.389. The van der Waals surface area contributed by atoms with Gasteiger partial charge in [0.05, 0.1) is 42.7 Å². The number of hydrogen-bond acceptors (Lipinski definition) is 9. The van der Waals surface area contributed by atoms with Crippen LogP contribution in [-0.2, 0) is 20.8 Å². The van der Waals surface area contributed by atoms with E-state index >= 15 is 0 Å². The largest absolute Gasteiger partial charge is 0.462 e. The van der Waals surface area contributed by atoms with Gasteiger partial charge in [-0.3, -0.25) is 4.79 Å². The molecule has 30 heavy (non-hydrogen) atoms. The number of nitrogens with zero attached hydrogens (tertiary/aromatic N) is 3. The van der Waals surface area contributed by atoms with Crippen LogP contribution in [-0.4, -0.2) is 45.8 Å². The summed E-state index contributed by atoms with van der Waals surface area (Å²) in [5, 5.41) is 17.2. The second-order valence-corrected chi connectivity index (χ2v) is 7.13. The minimum Gasteiger partial charge on any atom is -0.462 e. The standard InChI is InChI=1S/C18H22N4O7S/c1-4-10-29-17(24)14-11(3)15(18(25)28-5-2)30-16(14)19-13(23)7-9-21-8-6-12(20-21)22(26)27/h6,8H,4-5,7,9-10H2,1-3H3,(H,19,23). The molecule has 2 aromatic rings. The summed E-state index contributed by atoms with van der Waals surface area (Å²) in [5.74, 6) is -1.99. The van der Waals surface area contributed by atoms with Crippen LogP contribution in [0.1, 0.15) is 52.3 Å². The fourth-order valence-corrected chi connectivity index (χ4v) is 3.59. The molecule has 0 spiro atoms. The highest BCUT2D eigenvalue weighted by Crippen LogP contribution is 2.34. The first kappa shape index (κ1) is 23.0. The van der Waals surface area contributed by atoms with E-state index in [1.807, 2.05) is 6.92 Å². The summed E-state index contributed by atoms with van der Waals surface area (Å²) in [5.41, 5.74) is 0.483. The van der Waals surface area contributed by atoms with E-state index in [-0.39, 0.29) is 47.4 Å². The lowest BCUT2D eigenvalue weighted by atomic mass is 10.1. The van der Waals surface area contributed by atoms with Crippen LogP contribution in [0.15, 0.2) is 12.3 Å². The molecule has 0 fully saturated rings. The summed E-state index contributed by atoms with van der Waals surface area (Å²) in [6.45, 7) is 5.58. The van der Waals surface area contributed by atoms with Crippen molar-refractivity contribution in [2.45, 2.75) is 40.2 Å². The Kier molecular flexibility index (Phi) is 8.04. The third-order valence-electron chi connectivity index (χ3n) is 3.88. The normalized spacial score (nSPS) is 10.5. The van der Waals surface area contributed by atoms with Crippen molar-refractivity contribution in [2.75, 3.05) is 18.5 Å². The van der Waals surface area contributed by atoms with E-state index in [1.54, 1.807) is 13.8 Å². The maximum absolute atomic E-state index is 12.5. The molecule has 0 atom stereocenters. The highest BCUT2D eigenvalue weighted by Gasteiger charge is 2.27. The summed E-state index contributed by atoms with van der Waals surface area (Å²) in [4.78, 5) is 47.3. The van der Waals surface area contributed by atoms with Gasteiger partial charge in [-0.2, -0.15) is 4.68 Å². The average molecular weight is 438 g/mol. The molecule has 2 rings (SSSR count). The van der Waals surface area contributed by atoms with Crippen LogP contribution >= 0.6 is 11.3 Å². The van der Waals surface area contributed by atoms with Crippen molar-refractivity contribution < 1.29 is 28.8 Å². The number of aryl methyl sites for hydroxylation is 1. The van der Waals surface area contributed by atoms with Crippen molar-refractivity contribution in [3.8, 4) is 0 Å². The number of rotatable bonds is 10. The molecule has 2 aromatic heterocycles. The van der Waals surface area contributed by atoms with Gasteiger partial charge in [-0.1, -0.05) is 6.92 Å². The van der Waals surface area contributed by atoms with Crippen molar-refractivity contribution in [3.63, 3.8) is 0 Å². The first-order chi connectivity index (χ1) is 14.3. The monoisotopic (exact) mass is 438 g/mol. The van der Waals surface area contributed by atoms with Crippen LogP contribution in [0, 0.1) is 17.0 Å². The third kappa shape index (κ3) is 5.63. The number of ether oxygens (including phenoxy) is 2. The molecule has 162 valence electrons. The number of aromatic nitrogens is 2. The average Bonchev–Trinajstić information content (AvgIpc) is 3.29. The zero-order valence-electron chi connectivity index (χ0n) is 16.8. The molecular formula is C18H22N4O7S. The number of carbonyl (C=O) groups excluding carboxylic acids is 3. The molecule has 0 aliphatic carbocycles. The molecule has 0 aromatic carbocycles. The number of carbonyl (C=O) groups is 3. The Balaban J connectivity index is 2.17. The van der Waals surface area contributed by atoms with E-state index in [0.717, 1.165) is 11.3 Å². The Morgan fingerprint density at radius 1 is 1.27 bits per heavy atom. The van der Waals surface area contributed by atoms with Gasteiger partial charge in [0.25, 0.3) is 0 Å². The smallest absolute Gasteiger partial charge is 0.389 e. The summed E-state index contributed by atoms with van der Waals surface area (Å²) < 4.78 is 11.5. The molecule has 0 unspecified atom stereocenters. The fourth-order valence-electron chi connectivity index (χ4n) is 2.48. The Morgan fingerprint density at radius 3 is 2.60 bits per heavy atom. The van der Waals surface area contributed by atoms with Gasteiger partial charge in [-0.15, -0.1) is 11.3 Å². The quantitative estimate of drug-likeness (QED) is 0.339. The number of amides is 1. The molecule has 0 saturated carbocycles. The van der Waals surface area contributed by atoms with Gasteiger partial charge in [0.1, 0.15) is 9.88 Å². The molecular weight excluding hydrogens is 416 g/mol. The van der Waals surface area contributed by atoms with Crippen molar-refractivity contribution in [1.82, 2.24) is 9.78 Å². The Bertz CT molecular complexity index is 950. The highest BCUT2D eigenvalue weighted by molar-refractivity contribution is 7.18. The van der Waals surface area contributed by atoms with Crippen molar-refractivity contribution in [2.24, 2.45) is 0 Å². The summed E-state index contributed by atoms with van der Waals surface area (Å²) in [7, 11) is 0. The number of nitro groups is 1. The van der Waals surface area contributed by atoms with Crippen LogP contribution in [0.2, 0.25) is 0 Å². The summed E-state index contributed by atoms with van der Waals surface area (Å²) in [6, 6.07) is 1.23. The lowest BCUT2D eigenvalue weighted by Gasteiger charge is -2.07. The molecule has 2 heterocycles. The number of nitrogens with one attached hydrogen (secondary N) is 1. The number of anilines is 1. The maximum Gasteiger partial charge on any atom is 0.389 e. The van der Waals surface area contributed by atoms with E-state index in [9.17, 15) is 24.5 Å². The van der Waals surface area contributed by atoms with Gasteiger partial charge in [0.2, 0.25) is 5.91 Å². The molecule has 1 amide bonds. The van der Waals surface area contributed by atoms with E-state index in [1.165, 1.54) is 16.9 Å². The molecule has 0 radical (unpaired) electrons. The predicted octanol–water partition coefficient (Wildman–Crippen LogP) is 2.93. The zero-order valence-corrected chi connectivity index (χ0v) is 17.6. The van der Waals surface area contributed by atoms with Gasteiger partial charge < -0.3 is 24.9 Å². The summed E-state index contributed by atoms with van der Waals surface area (Å²) >= 11 is 0.935.